The monoisotopic (exact) mass is 593 g/mol. The van der Waals surface area contributed by atoms with Crippen molar-refractivity contribution in [3.8, 4) is 5.69 Å². The van der Waals surface area contributed by atoms with Crippen molar-refractivity contribution in [1.82, 2.24) is 14.9 Å². The van der Waals surface area contributed by atoms with E-state index in [-0.39, 0.29) is 23.3 Å². The molecule has 5 aromatic rings. The molecular weight excluding hydrogens is 571 g/mol. The summed E-state index contributed by atoms with van der Waals surface area (Å²) in [5.41, 5.74) is 3.78. The third-order valence-electron chi connectivity index (χ3n) is 6.97. The number of rotatable bonds is 8. The van der Waals surface area contributed by atoms with E-state index in [4.69, 9.17) is 12.2 Å². The van der Waals surface area contributed by atoms with Crippen molar-refractivity contribution in [3.05, 3.63) is 143 Å². The van der Waals surface area contributed by atoms with Crippen LogP contribution in [0.2, 0.25) is 0 Å². The smallest absolute Gasteiger partial charge is 0.335 e. The SMILES string of the molecule is O=C(O)c1ccc(-n2cccc2[C@@H]2[C@@H](c3ccccn3)NC(=S)N2c2ccc(Sc3ccc([N+](=O)[O-])cc3)cc2)cc1. The quantitative estimate of drug-likeness (QED) is 0.114. The second-order valence-corrected chi connectivity index (χ2v) is 11.0. The van der Waals surface area contributed by atoms with Crippen molar-refractivity contribution in [1.29, 1.82) is 0 Å². The molecule has 6 rings (SSSR count). The largest absolute Gasteiger partial charge is 0.478 e. The minimum atomic E-state index is -0.976. The number of benzene rings is 3. The first-order chi connectivity index (χ1) is 20.4. The molecule has 2 N–H and O–H groups in total. The van der Waals surface area contributed by atoms with E-state index in [0.717, 1.165) is 32.6 Å². The van der Waals surface area contributed by atoms with Crippen LogP contribution in [0.15, 0.2) is 125 Å². The van der Waals surface area contributed by atoms with Crippen LogP contribution in [-0.4, -0.2) is 30.7 Å². The molecule has 0 unspecified atom stereocenters. The number of aromatic carboxylic acids is 1. The van der Waals surface area contributed by atoms with Crippen LogP contribution < -0.4 is 10.2 Å². The first-order valence-electron chi connectivity index (χ1n) is 12.9. The summed E-state index contributed by atoms with van der Waals surface area (Å²) in [6.45, 7) is 0. The van der Waals surface area contributed by atoms with Crippen molar-refractivity contribution in [2.24, 2.45) is 0 Å². The molecule has 1 aliphatic rings. The second-order valence-electron chi connectivity index (χ2n) is 9.50. The van der Waals surface area contributed by atoms with Gasteiger partial charge in [0, 0.05) is 51.4 Å². The Balaban J connectivity index is 1.35. The minimum absolute atomic E-state index is 0.0563. The summed E-state index contributed by atoms with van der Waals surface area (Å²) >= 11 is 7.39. The van der Waals surface area contributed by atoms with Crippen molar-refractivity contribution < 1.29 is 14.8 Å². The molecule has 0 amide bonds. The maximum absolute atomic E-state index is 11.4. The van der Waals surface area contributed by atoms with Gasteiger partial charge in [0.2, 0.25) is 0 Å². The molecule has 1 saturated heterocycles. The number of carboxylic acids is 1. The predicted molar refractivity (Wildman–Crippen MR) is 164 cm³/mol. The Morgan fingerprint density at radius 3 is 2.19 bits per heavy atom. The van der Waals surface area contributed by atoms with Crippen LogP contribution in [0.5, 0.6) is 0 Å². The van der Waals surface area contributed by atoms with Crippen LogP contribution >= 0.6 is 24.0 Å². The number of anilines is 1. The van der Waals surface area contributed by atoms with Gasteiger partial charge >= 0.3 is 5.97 Å². The summed E-state index contributed by atoms with van der Waals surface area (Å²) in [6.07, 6.45) is 3.71. The van der Waals surface area contributed by atoms with Gasteiger partial charge in [-0.25, -0.2) is 4.79 Å². The normalized spacial score (nSPS) is 16.3. The van der Waals surface area contributed by atoms with Crippen LogP contribution in [0.25, 0.3) is 5.69 Å². The Morgan fingerprint density at radius 2 is 1.57 bits per heavy atom. The van der Waals surface area contributed by atoms with E-state index < -0.39 is 10.9 Å². The van der Waals surface area contributed by atoms with Crippen molar-refractivity contribution in [3.63, 3.8) is 0 Å². The summed E-state index contributed by atoms with van der Waals surface area (Å²) in [7, 11) is 0. The standard InChI is InChI=1S/C31H23N5O4S2/c37-30(38)20-6-8-21(9-7-20)34-19-3-5-27(34)29-28(26-4-1-2-18-32-26)33-31(41)35(29)22-10-14-24(15-11-22)42-25-16-12-23(13-17-25)36(39)40/h1-19,28-29H,(H,33,41)(H,37,38)/t28-,29-/m1/s1. The first kappa shape index (κ1) is 27.2. The molecule has 208 valence electrons. The Labute approximate surface area is 250 Å². The number of thiocarbonyl (C=S) groups is 1. The van der Waals surface area contributed by atoms with Gasteiger partial charge in [-0.15, -0.1) is 0 Å². The van der Waals surface area contributed by atoms with Crippen LogP contribution in [0.4, 0.5) is 11.4 Å². The summed E-state index contributed by atoms with van der Waals surface area (Å²) in [4.78, 5) is 30.5. The maximum atomic E-state index is 11.4. The van der Waals surface area contributed by atoms with Crippen LogP contribution in [0, 0.1) is 10.1 Å². The zero-order chi connectivity index (χ0) is 29.2. The lowest BCUT2D eigenvalue weighted by Crippen LogP contribution is -2.30. The molecule has 3 heterocycles. The maximum Gasteiger partial charge on any atom is 0.335 e. The molecular formula is C31H23N5O4S2. The second kappa shape index (κ2) is 11.5. The molecule has 1 aliphatic heterocycles. The molecule has 9 nitrogen and oxygen atoms in total. The van der Waals surface area contributed by atoms with Gasteiger partial charge in [0.15, 0.2) is 5.11 Å². The number of nitrogens with zero attached hydrogens (tertiary/aromatic N) is 4. The molecule has 2 atom stereocenters. The molecule has 42 heavy (non-hydrogen) atoms. The zero-order valence-corrected chi connectivity index (χ0v) is 23.5. The predicted octanol–water partition coefficient (Wildman–Crippen LogP) is 6.81. The average Bonchev–Trinajstić information content (AvgIpc) is 3.63. The minimum Gasteiger partial charge on any atom is -0.478 e. The van der Waals surface area contributed by atoms with Gasteiger partial charge in [-0.05, 0) is 97.1 Å². The van der Waals surface area contributed by atoms with E-state index in [1.54, 1.807) is 42.6 Å². The Hall–Kier alpha value is -5.00. The number of pyridine rings is 1. The van der Waals surface area contributed by atoms with Crippen molar-refractivity contribution in [2.75, 3.05) is 4.90 Å². The van der Waals surface area contributed by atoms with E-state index in [2.05, 4.69) is 15.2 Å². The lowest BCUT2D eigenvalue weighted by molar-refractivity contribution is -0.384. The highest BCUT2D eigenvalue weighted by atomic mass is 32.2. The lowest BCUT2D eigenvalue weighted by Gasteiger charge is -2.29. The first-order valence-corrected chi connectivity index (χ1v) is 14.2. The third kappa shape index (κ3) is 5.35. The number of carbonyl (C=O) groups is 1. The molecule has 0 radical (unpaired) electrons. The molecule has 11 heteroatoms. The van der Waals surface area contributed by atoms with Crippen LogP contribution in [0.1, 0.15) is 33.8 Å². The summed E-state index contributed by atoms with van der Waals surface area (Å²) < 4.78 is 2.04. The van der Waals surface area contributed by atoms with E-state index in [9.17, 15) is 20.0 Å². The van der Waals surface area contributed by atoms with Crippen molar-refractivity contribution >= 4 is 46.4 Å². The topological polar surface area (TPSA) is 114 Å². The van der Waals surface area contributed by atoms with Gasteiger partial charge in [-0.2, -0.15) is 0 Å². The number of hydrogen-bond donors (Lipinski definition) is 2. The van der Waals surface area contributed by atoms with Gasteiger partial charge < -0.3 is 19.9 Å². The number of nitrogens with one attached hydrogen (secondary N) is 1. The van der Waals surface area contributed by atoms with Crippen molar-refractivity contribution in [2.45, 2.75) is 21.9 Å². The van der Waals surface area contributed by atoms with E-state index >= 15 is 0 Å². The molecule has 0 spiro atoms. The number of carboxylic acid groups (broad SMARTS) is 1. The molecule has 2 aromatic heterocycles. The van der Waals surface area contributed by atoms with Gasteiger partial charge in [0.25, 0.3) is 5.69 Å². The van der Waals surface area contributed by atoms with E-state index in [0.29, 0.717) is 5.11 Å². The van der Waals surface area contributed by atoms with Gasteiger partial charge in [0.05, 0.1) is 22.2 Å². The third-order valence-corrected chi connectivity index (χ3v) is 8.30. The van der Waals surface area contributed by atoms with E-state index in [1.165, 1.54) is 23.9 Å². The Bertz CT molecular complexity index is 1760. The Kier molecular flexibility index (Phi) is 7.43. The number of aromatic nitrogens is 2. The van der Waals surface area contributed by atoms with E-state index in [1.807, 2.05) is 65.4 Å². The lowest BCUT2D eigenvalue weighted by atomic mass is 10.0. The highest BCUT2D eigenvalue weighted by molar-refractivity contribution is 7.99. The summed E-state index contributed by atoms with van der Waals surface area (Å²) in [5, 5.41) is 24.4. The van der Waals surface area contributed by atoms with Gasteiger partial charge in [-0.3, -0.25) is 15.1 Å². The zero-order valence-electron chi connectivity index (χ0n) is 21.9. The average molecular weight is 594 g/mol. The Morgan fingerprint density at radius 1 is 0.905 bits per heavy atom. The summed E-state index contributed by atoms with van der Waals surface area (Å²) in [6, 6.07) is 30.5. The molecule has 0 saturated carbocycles. The van der Waals surface area contributed by atoms with Gasteiger partial charge in [-0.1, -0.05) is 17.8 Å². The summed E-state index contributed by atoms with van der Waals surface area (Å²) in [5.74, 6) is -0.976. The number of non-ortho nitro benzene ring substituents is 1. The van der Waals surface area contributed by atoms with Crippen LogP contribution in [0.3, 0.4) is 0 Å². The molecule has 3 aromatic carbocycles. The molecule has 0 aliphatic carbocycles. The highest BCUT2D eigenvalue weighted by Crippen LogP contribution is 2.43. The molecule has 0 bridgehead atoms. The fourth-order valence-electron chi connectivity index (χ4n) is 5.02. The number of nitro groups is 1. The number of nitro benzene ring substituents is 1. The number of hydrogen-bond acceptors (Lipinski definition) is 6. The molecule has 1 fully saturated rings. The highest BCUT2D eigenvalue weighted by Gasteiger charge is 2.42. The fourth-order valence-corrected chi connectivity index (χ4v) is 6.18. The van der Waals surface area contributed by atoms with Crippen LogP contribution in [-0.2, 0) is 0 Å². The van der Waals surface area contributed by atoms with Gasteiger partial charge in [0.1, 0.15) is 6.04 Å². The fraction of sp³-hybridized carbons (Fsp3) is 0.0645.